The number of fused-ring (bicyclic) bond motifs is 1. The highest BCUT2D eigenvalue weighted by Gasteiger charge is 2.22. The van der Waals surface area contributed by atoms with E-state index in [9.17, 15) is 0 Å². The van der Waals surface area contributed by atoms with Gasteiger partial charge < -0.3 is 5.32 Å². The summed E-state index contributed by atoms with van der Waals surface area (Å²) in [5.74, 6) is 2.83. The Morgan fingerprint density at radius 3 is 2.42 bits per heavy atom. The second kappa shape index (κ2) is 5.89. The van der Waals surface area contributed by atoms with E-state index >= 15 is 0 Å². The number of hydrogen-bond donors (Lipinski definition) is 1. The summed E-state index contributed by atoms with van der Waals surface area (Å²) in [7, 11) is 2.00. The molecule has 3 nitrogen and oxygen atoms in total. The molecule has 0 unspecified atom stereocenters. The third-order valence-electron chi connectivity index (χ3n) is 4.66. The molecule has 1 N–H and O–H groups in total. The van der Waals surface area contributed by atoms with Gasteiger partial charge in [-0.05, 0) is 38.5 Å². The van der Waals surface area contributed by atoms with E-state index in [4.69, 9.17) is 9.97 Å². The lowest BCUT2D eigenvalue weighted by Crippen LogP contribution is -2.14. The molecule has 0 aromatic carbocycles. The quantitative estimate of drug-likeness (QED) is 0.820. The fourth-order valence-electron chi connectivity index (χ4n) is 3.54. The van der Waals surface area contributed by atoms with Crippen LogP contribution in [0.2, 0.25) is 0 Å². The highest BCUT2D eigenvalue weighted by Crippen LogP contribution is 2.33. The molecule has 2 aliphatic carbocycles. The Kier molecular flexibility index (Phi) is 4.00. The third-order valence-corrected chi connectivity index (χ3v) is 4.66. The van der Waals surface area contributed by atoms with E-state index in [1.165, 1.54) is 62.6 Å². The molecule has 0 bridgehead atoms. The van der Waals surface area contributed by atoms with Crippen molar-refractivity contribution in [3.05, 3.63) is 17.1 Å². The molecule has 0 radical (unpaired) electrons. The molecular weight excluding hydrogens is 234 g/mol. The second-order valence-electron chi connectivity index (χ2n) is 6.00. The minimum Gasteiger partial charge on any atom is -0.373 e. The van der Waals surface area contributed by atoms with E-state index in [0.717, 1.165) is 24.5 Å². The number of aryl methyl sites for hydroxylation is 1. The number of aromatic nitrogens is 2. The van der Waals surface area contributed by atoms with Gasteiger partial charge in [0.25, 0.3) is 0 Å². The summed E-state index contributed by atoms with van der Waals surface area (Å²) in [5.41, 5.74) is 2.72. The first kappa shape index (κ1) is 12.9. The van der Waals surface area contributed by atoms with Crippen molar-refractivity contribution in [2.45, 2.75) is 70.1 Å². The molecule has 1 fully saturated rings. The largest absolute Gasteiger partial charge is 0.373 e. The molecule has 1 aromatic heterocycles. The van der Waals surface area contributed by atoms with Crippen LogP contribution in [0, 0.1) is 0 Å². The van der Waals surface area contributed by atoms with Crippen LogP contribution >= 0.6 is 0 Å². The zero-order valence-electron chi connectivity index (χ0n) is 12.0. The Labute approximate surface area is 116 Å². The Morgan fingerprint density at radius 2 is 1.63 bits per heavy atom. The molecule has 1 heterocycles. The summed E-state index contributed by atoms with van der Waals surface area (Å²) in [6.45, 7) is 0. The Morgan fingerprint density at radius 1 is 0.895 bits per heavy atom. The molecule has 0 spiro atoms. The van der Waals surface area contributed by atoms with Crippen molar-refractivity contribution in [2.24, 2.45) is 0 Å². The lowest BCUT2D eigenvalue weighted by Gasteiger charge is -2.22. The first-order valence-corrected chi connectivity index (χ1v) is 7.96. The molecule has 3 heteroatoms. The van der Waals surface area contributed by atoms with Gasteiger partial charge in [-0.3, -0.25) is 0 Å². The highest BCUT2D eigenvalue weighted by atomic mass is 15.0. The van der Waals surface area contributed by atoms with Crippen LogP contribution in [-0.2, 0) is 12.8 Å². The van der Waals surface area contributed by atoms with Gasteiger partial charge in [0, 0.05) is 24.2 Å². The maximum atomic E-state index is 4.95. The van der Waals surface area contributed by atoms with Crippen molar-refractivity contribution in [1.82, 2.24) is 9.97 Å². The average Bonchev–Trinajstić information content (AvgIpc) is 2.72. The molecule has 0 saturated heterocycles. The van der Waals surface area contributed by atoms with Crippen LogP contribution in [0.1, 0.15) is 74.4 Å². The average molecular weight is 259 g/mol. The number of nitrogens with zero attached hydrogens (tertiary/aromatic N) is 2. The minimum atomic E-state index is 0.606. The molecule has 1 saturated carbocycles. The third kappa shape index (κ3) is 2.75. The molecule has 104 valence electrons. The molecule has 19 heavy (non-hydrogen) atoms. The Balaban J connectivity index is 1.94. The van der Waals surface area contributed by atoms with E-state index < -0.39 is 0 Å². The monoisotopic (exact) mass is 259 g/mol. The zero-order valence-corrected chi connectivity index (χ0v) is 12.0. The van der Waals surface area contributed by atoms with Gasteiger partial charge in [-0.2, -0.15) is 0 Å². The first-order valence-electron chi connectivity index (χ1n) is 7.96. The second-order valence-corrected chi connectivity index (χ2v) is 6.00. The Hall–Kier alpha value is -1.12. The summed E-state index contributed by atoms with van der Waals surface area (Å²) >= 11 is 0. The number of hydrogen-bond acceptors (Lipinski definition) is 3. The van der Waals surface area contributed by atoms with Gasteiger partial charge in [-0.1, -0.05) is 25.7 Å². The van der Waals surface area contributed by atoms with Crippen molar-refractivity contribution in [3.8, 4) is 0 Å². The van der Waals surface area contributed by atoms with Gasteiger partial charge >= 0.3 is 0 Å². The van der Waals surface area contributed by atoms with Gasteiger partial charge in [0.2, 0.25) is 0 Å². The summed E-state index contributed by atoms with van der Waals surface area (Å²) in [6, 6.07) is 0. The summed E-state index contributed by atoms with van der Waals surface area (Å²) in [4.78, 5) is 9.80. The van der Waals surface area contributed by atoms with E-state index in [0.29, 0.717) is 5.92 Å². The topological polar surface area (TPSA) is 37.8 Å². The maximum absolute atomic E-state index is 4.95. The number of rotatable bonds is 2. The summed E-state index contributed by atoms with van der Waals surface area (Å²) in [5, 5.41) is 3.31. The fourth-order valence-corrected chi connectivity index (χ4v) is 3.54. The lowest BCUT2D eigenvalue weighted by atomic mass is 9.88. The fraction of sp³-hybridized carbons (Fsp3) is 0.750. The van der Waals surface area contributed by atoms with Crippen molar-refractivity contribution >= 4 is 5.82 Å². The van der Waals surface area contributed by atoms with E-state index in [1.807, 2.05) is 7.05 Å². The van der Waals surface area contributed by atoms with E-state index in [2.05, 4.69) is 5.32 Å². The predicted molar refractivity (Wildman–Crippen MR) is 78.7 cm³/mol. The van der Waals surface area contributed by atoms with Crippen LogP contribution in [-0.4, -0.2) is 17.0 Å². The SMILES string of the molecule is CNc1nc(C2CCCCC2)nc2c1CCCCC2. The van der Waals surface area contributed by atoms with Gasteiger partial charge in [-0.15, -0.1) is 0 Å². The minimum absolute atomic E-state index is 0.606. The molecule has 0 atom stereocenters. The first-order chi connectivity index (χ1) is 9.38. The predicted octanol–water partition coefficient (Wildman–Crippen LogP) is 3.83. The lowest BCUT2D eigenvalue weighted by molar-refractivity contribution is 0.427. The van der Waals surface area contributed by atoms with Crippen molar-refractivity contribution < 1.29 is 0 Å². The normalized spacial score (nSPS) is 20.7. The van der Waals surface area contributed by atoms with Crippen molar-refractivity contribution in [3.63, 3.8) is 0 Å². The molecular formula is C16H25N3. The van der Waals surface area contributed by atoms with Crippen LogP contribution in [0.15, 0.2) is 0 Å². The van der Waals surface area contributed by atoms with E-state index in [-0.39, 0.29) is 0 Å². The summed E-state index contributed by atoms with van der Waals surface area (Å²) < 4.78 is 0. The number of anilines is 1. The molecule has 3 rings (SSSR count). The van der Waals surface area contributed by atoms with Crippen molar-refractivity contribution in [1.29, 1.82) is 0 Å². The number of nitrogens with one attached hydrogen (secondary N) is 1. The standard InChI is InChI=1S/C16H25N3/c1-17-16-13-10-6-3-7-11-14(13)18-15(19-16)12-8-4-2-5-9-12/h12H,2-11H2,1H3,(H,17,18,19). The maximum Gasteiger partial charge on any atom is 0.134 e. The van der Waals surface area contributed by atoms with Crippen LogP contribution < -0.4 is 5.32 Å². The smallest absolute Gasteiger partial charge is 0.134 e. The zero-order chi connectivity index (χ0) is 13.1. The van der Waals surface area contributed by atoms with Crippen LogP contribution in [0.4, 0.5) is 5.82 Å². The molecule has 1 aromatic rings. The van der Waals surface area contributed by atoms with Gasteiger partial charge in [0.15, 0.2) is 0 Å². The van der Waals surface area contributed by atoms with Gasteiger partial charge in [-0.25, -0.2) is 9.97 Å². The summed E-state index contributed by atoms with van der Waals surface area (Å²) in [6.07, 6.45) is 12.8. The van der Waals surface area contributed by atoms with Crippen LogP contribution in [0.3, 0.4) is 0 Å². The molecule has 2 aliphatic rings. The Bertz CT molecular complexity index is 436. The highest BCUT2D eigenvalue weighted by molar-refractivity contribution is 5.47. The van der Waals surface area contributed by atoms with Crippen molar-refractivity contribution in [2.75, 3.05) is 12.4 Å². The van der Waals surface area contributed by atoms with Gasteiger partial charge in [0.05, 0.1) is 0 Å². The molecule has 0 aliphatic heterocycles. The van der Waals surface area contributed by atoms with Crippen LogP contribution in [0.5, 0.6) is 0 Å². The van der Waals surface area contributed by atoms with Gasteiger partial charge in [0.1, 0.15) is 11.6 Å². The van der Waals surface area contributed by atoms with E-state index in [1.54, 1.807) is 0 Å². The van der Waals surface area contributed by atoms with Crippen LogP contribution in [0.25, 0.3) is 0 Å². The molecule has 0 amide bonds.